The van der Waals surface area contributed by atoms with Crippen LogP contribution >= 0.6 is 0 Å². The lowest BCUT2D eigenvalue weighted by atomic mass is 9.98. The lowest BCUT2D eigenvalue weighted by Gasteiger charge is -2.17. The summed E-state index contributed by atoms with van der Waals surface area (Å²) in [6.45, 7) is 2.23. The van der Waals surface area contributed by atoms with Gasteiger partial charge in [-0.2, -0.15) is 0 Å². The van der Waals surface area contributed by atoms with Crippen LogP contribution in [-0.2, 0) is 4.79 Å². The van der Waals surface area contributed by atoms with E-state index >= 15 is 0 Å². The number of carboxylic acid groups (broad SMARTS) is 1. The lowest BCUT2D eigenvalue weighted by molar-refractivity contribution is -0.138. The van der Waals surface area contributed by atoms with E-state index in [0.717, 1.165) is 19.3 Å². The van der Waals surface area contributed by atoms with Crippen molar-refractivity contribution in [2.75, 3.05) is 0 Å². The Labute approximate surface area is 141 Å². The molecule has 0 heterocycles. The molecule has 0 saturated heterocycles. The molecule has 0 aliphatic rings. The second-order valence-electron chi connectivity index (χ2n) is 6.79. The number of rotatable bonds is 16. The number of hydrogen-bond donors (Lipinski definition) is 4. The topological polar surface area (TPSA) is 110 Å². The van der Waals surface area contributed by atoms with Crippen molar-refractivity contribution in [3.05, 3.63) is 0 Å². The standard InChI is InChI=1S/C18H38N2O3/c1-2-3-4-5-6-7-8-9-12-16(21)14-15(19)11-10-13-17(20)18(22)23/h15-17,21H,2-14,19-20H2,1H3,(H,22,23)/t15?,16?,17-/m0/s1. The Bertz CT molecular complexity index is 287. The van der Waals surface area contributed by atoms with Gasteiger partial charge < -0.3 is 21.7 Å². The van der Waals surface area contributed by atoms with Crippen molar-refractivity contribution in [3.8, 4) is 0 Å². The normalized spacial score (nSPS) is 15.3. The van der Waals surface area contributed by atoms with Gasteiger partial charge in [-0.15, -0.1) is 0 Å². The highest BCUT2D eigenvalue weighted by molar-refractivity contribution is 5.72. The molecule has 23 heavy (non-hydrogen) atoms. The average Bonchev–Trinajstić information content (AvgIpc) is 2.49. The molecule has 0 spiro atoms. The van der Waals surface area contributed by atoms with Crippen LogP contribution in [-0.4, -0.2) is 34.4 Å². The summed E-state index contributed by atoms with van der Waals surface area (Å²) in [7, 11) is 0. The van der Waals surface area contributed by atoms with Crippen LogP contribution in [0.1, 0.15) is 90.4 Å². The highest BCUT2D eigenvalue weighted by atomic mass is 16.4. The van der Waals surface area contributed by atoms with E-state index in [2.05, 4.69) is 6.92 Å². The third-order valence-corrected chi connectivity index (χ3v) is 4.37. The first-order chi connectivity index (χ1) is 11.0. The third-order valence-electron chi connectivity index (χ3n) is 4.37. The van der Waals surface area contributed by atoms with Gasteiger partial charge in [-0.1, -0.05) is 58.3 Å². The van der Waals surface area contributed by atoms with Crippen LogP contribution in [0.3, 0.4) is 0 Å². The average molecular weight is 331 g/mol. The van der Waals surface area contributed by atoms with Crippen LogP contribution in [0.15, 0.2) is 0 Å². The summed E-state index contributed by atoms with van der Waals surface area (Å²) in [6, 6.07) is -0.871. The minimum atomic E-state index is -0.965. The zero-order chi connectivity index (χ0) is 17.5. The van der Waals surface area contributed by atoms with Gasteiger partial charge in [0.1, 0.15) is 6.04 Å². The number of carbonyl (C=O) groups is 1. The molecular weight excluding hydrogens is 292 g/mol. The first-order valence-electron chi connectivity index (χ1n) is 9.39. The Morgan fingerprint density at radius 2 is 1.43 bits per heavy atom. The van der Waals surface area contributed by atoms with Crippen LogP contribution < -0.4 is 11.5 Å². The molecule has 2 unspecified atom stereocenters. The fourth-order valence-electron chi connectivity index (χ4n) is 2.82. The second-order valence-corrected chi connectivity index (χ2v) is 6.79. The molecule has 0 aromatic heterocycles. The summed E-state index contributed by atoms with van der Waals surface area (Å²) in [5, 5.41) is 18.7. The van der Waals surface area contributed by atoms with E-state index in [1.807, 2.05) is 0 Å². The molecular formula is C18H38N2O3. The zero-order valence-corrected chi connectivity index (χ0v) is 14.9. The fourth-order valence-corrected chi connectivity index (χ4v) is 2.82. The van der Waals surface area contributed by atoms with E-state index in [0.29, 0.717) is 19.3 Å². The maximum atomic E-state index is 10.6. The highest BCUT2D eigenvalue weighted by Gasteiger charge is 2.14. The SMILES string of the molecule is CCCCCCCCCCC(O)CC(N)CCC[C@H](N)C(=O)O. The first-order valence-corrected chi connectivity index (χ1v) is 9.39. The summed E-state index contributed by atoms with van der Waals surface area (Å²) < 4.78 is 0. The van der Waals surface area contributed by atoms with E-state index in [9.17, 15) is 9.90 Å². The summed E-state index contributed by atoms with van der Waals surface area (Å²) in [4.78, 5) is 10.6. The lowest BCUT2D eigenvalue weighted by Crippen LogP contribution is -2.31. The molecule has 0 amide bonds. The van der Waals surface area contributed by atoms with Gasteiger partial charge in [-0.3, -0.25) is 4.79 Å². The van der Waals surface area contributed by atoms with E-state index in [4.69, 9.17) is 16.6 Å². The minimum absolute atomic E-state index is 0.0694. The molecule has 138 valence electrons. The van der Waals surface area contributed by atoms with Crippen LogP contribution in [0.5, 0.6) is 0 Å². The Hall–Kier alpha value is -0.650. The molecule has 0 saturated carbocycles. The maximum absolute atomic E-state index is 10.6. The summed E-state index contributed by atoms with van der Waals surface area (Å²) in [5.41, 5.74) is 11.4. The van der Waals surface area contributed by atoms with E-state index in [1.165, 1.54) is 44.9 Å². The van der Waals surface area contributed by atoms with Crippen molar-refractivity contribution in [1.29, 1.82) is 0 Å². The van der Waals surface area contributed by atoms with Crippen molar-refractivity contribution < 1.29 is 15.0 Å². The molecule has 5 heteroatoms. The summed E-state index contributed by atoms with van der Waals surface area (Å²) in [5.74, 6) is -0.965. The Morgan fingerprint density at radius 1 is 0.870 bits per heavy atom. The minimum Gasteiger partial charge on any atom is -0.480 e. The molecule has 5 nitrogen and oxygen atoms in total. The summed E-state index contributed by atoms with van der Waals surface area (Å²) in [6.07, 6.45) is 13.1. The first kappa shape index (κ1) is 22.4. The maximum Gasteiger partial charge on any atom is 0.320 e. The van der Waals surface area contributed by atoms with E-state index in [-0.39, 0.29) is 12.1 Å². The molecule has 0 aromatic rings. The van der Waals surface area contributed by atoms with Gasteiger partial charge in [0.2, 0.25) is 0 Å². The Kier molecular flexibility index (Phi) is 14.5. The van der Waals surface area contributed by atoms with Crippen LogP contribution in [0.25, 0.3) is 0 Å². The molecule has 0 aromatic carbocycles. The van der Waals surface area contributed by atoms with Gasteiger partial charge in [0.25, 0.3) is 0 Å². The number of carboxylic acids is 1. The van der Waals surface area contributed by atoms with Crippen LogP contribution in [0.2, 0.25) is 0 Å². The zero-order valence-electron chi connectivity index (χ0n) is 14.9. The third kappa shape index (κ3) is 14.7. The van der Waals surface area contributed by atoms with Gasteiger partial charge in [0.15, 0.2) is 0 Å². The molecule has 0 aliphatic carbocycles. The van der Waals surface area contributed by atoms with E-state index in [1.54, 1.807) is 0 Å². The molecule has 0 aliphatic heterocycles. The van der Waals surface area contributed by atoms with Gasteiger partial charge in [-0.05, 0) is 32.1 Å². The largest absolute Gasteiger partial charge is 0.480 e. The molecule has 0 bridgehead atoms. The quantitative estimate of drug-likeness (QED) is 0.325. The van der Waals surface area contributed by atoms with Crippen molar-refractivity contribution >= 4 is 5.97 Å². The number of hydrogen-bond acceptors (Lipinski definition) is 4. The number of nitrogens with two attached hydrogens (primary N) is 2. The second kappa shape index (κ2) is 14.9. The van der Waals surface area contributed by atoms with Crippen molar-refractivity contribution in [2.24, 2.45) is 11.5 Å². The van der Waals surface area contributed by atoms with Gasteiger partial charge >= 0.3 is 5.97 Å². The highest BCUT2D eigenvalue weighted by Crippen LogP contribution is 2.14. The van der Waals surface area contributed by atoms with Gasteiger partial charge in [0, 0.05) is 6.04 Å². The van der Waals surface area contributed by atoms with Crippen molar-refractivity contribution in [2.45, 2.75) is 109 Å². The van der Waals surface area contributed by atoms with Gasteiger partial charge in [-0.25, -0.2) is 0 Å². The van der Waals surface area contributed by atoms with Gasteiger partial charge in [0.05, 0.1) is 6.10 Å². The van der Waals surface area contributed by atoms with Crippen molar-refractivity contribution in [1.82, 2.24) is 0 Å². The predicted octanol–water partition coefficient (Wildman–Crippen LogP) is 3.18. The number of aliphatic hydroxyl groups is 1. The molecule has 0 rings (SSSR count). The Morgan fingerprint density at radius 3 is 2.00 bits per heavy atom. The molecule has 6 N–H and O–H groups in total. The van der Waals surface area contributed by atoms with Crippen molar-refractivity contribution in [3.63, 3.8) is 0 Å². The predicted molar refractivity (Wildman–Crippen MR) is 95.3 cm³/mol. The summed E-state index contributed by atoms with van der Waals surface area (Å²) >= 11 is 0. The number of unbranched alkanes of at least 4 members (excludes halogenated alkanes) is 7. The molecule has 0 radical (unpaired) electrons. The monoisotopic (exact) mass is 330 g/mol. The smallest absolute Gasteiger partial charge is 0.320 e. The van der Waals surface area contributed by atoms with Crippen LogP contribution in [0.4, 0.5) is 0 Å². The number of aliphatic carboxylic acids is 1. The fraction of sp³-hybridized carbons (Fsp3) is 0.944. The molecule has 3 atom stereocenters. The van der Waals surface area contributed by atoms with Crippen LogP contribution in [0, 0.1) is 0 Å². The molecule has 0 fully saturated rings. The van der Waals surface area contributed by atoms with E-state index < -0.39 is 12.0 Å². The Balaban J connectivity index is 3.47. The number of aliphatic hydroxyl groups excluding tert-OH is 1.